The minimum atomic E-state index is -1.06. The largest absolute Gasteiger partial charge is 0.480 e. The molecule has 2 amide bonds. The quantitative estimate of drug-likeness (QED) is 0.879. The van der Waals surface area contributed by atoms with Gasteiger partial charge in [-0.1, -0.05) is 18.9 Å². The van der Waals surface area contributed by atoms with Crippen LogP contribution in [0.1, 0.15) is 43.4 Å². The summed E-state index contributed by atoms with van der Waals surface area (Å²) in [5.74, 6) is -0.903. The van der Waals surface area contributed by atoms with Crippen LogP contribution in [0.5, 0.6) is 0 Å². The molecule has 0 spiro atoms. The van der Waals surface area contributed by atoms with E-state index < -0.39 is 11.5 Å². The summed E-state index contributed by atoms with van der Waals surface area (Å²) < 4.78 is 0. The number of hydrogen-bond acceptors (Lipinski definition) is 3. The summed E-state index contributed by atoms with van der Waals surface area (Å²) in [7, 11) is 0. The highest BCUT2D eigenvalue weighted by Gasteiger charge is 2.44. The minimum absolute atomic E-state index is 0.227. The van der Waals surface area contributed by atoms with Crippen LogP contribution >= 0.6 is 11.3 Å². The number of nitrogens with zero attached hydrogens (tertiary/aromatic N) is 1. The number of carboxylic acids is 1. The summed E-state index contributed by atoms with van der Waals surface area (Å²) >= 11 is 1.62. The van der Waals surface area contributed by atoms with Gasteiger partial charge >= 0.3 is 12.0 Å². The van der Waals surface area contributed by atoms with Gasteiger partial charge in [-0.25, -0.2) is 9.59 Å². The molecule has 21 heavy (non-hydrogen) atoms. The Labute approximate surface area is 128 Å². The van der Waals surface area contributed by atoms with E-state index in [4.69, 9.17) is 0 Å². The van der Waals surface area contributed by atoms with Gasteiger partial charge in [0.25, 0.3) is 0 Å². The van der Waals surface area contributed by atoms with Crippen molar-refractivity contribution in [2.75, 3.05) is 0 Å². The van der Waals surface area contributed by atoms with Gasteiger partial charge in [0.05, 0.1) is 6.54 Å². The molecule has 0 aliphatic heterocycles. The van der Waals surface area contributed by atoms with Gasteiger partial charge in [-0.2, -0.15) is 0 Å². The number of nitrogens with one attached hydrogen (secondary N) is 1. The number of rotatable bonds is 5. The lowest BCUT2D eigenvalue weighted by Gasteiger charge is -2.30. The van der Waals surface area contributed by atoms with E-state index in [-0.39, 0.29) is 12.1 Å². The van der Waals surface area contributed by atoms with E-state index in [1.165, 1.54) is 0 Å². The van der Waals surface area contributed by atoms with Crippen LogP contribution in [0.25, 0.3) is 0 Å². The molecule has 0 saturated heterocycles. The molecule has 0 atom stereocenters. The van der Waals surface area contributed by atoms with Gasteiger partial charge in [0.1, 0.15) is 5.54 Å². The molecule has 1 aromatic heterocycles. The molecule has 2 N–H and O–H groups in total. The Balaban J connectivity index is 1.70. The van der Waals surface area contributed by atoms with Crippen molar-refractivity contribution in [2.45, 2.75) is 56.7 Å². The third-order valence-corrected chi connectivity index (χ3v) is 5.23. The van der Waals surface area contributed by atoms with Crippen LogP contribution in [0.3, 0.4) is 0 Å². The van der Waals surface area contributed by atoms with Crippen molar-refractivity contribution >= 4 is 23.3 Å². The number of amides is 2. The third-order valence-electron chi connectivity index (χ3n) is 4.37. The minimum Gasteiger partial charge on any atom is -0.480 e. The lowest BCUT2D eigenvalue weighted by molar-refractivity contribution is -0.144. The fraction of sp³-hybridized carbons (Fsp3) is 0.600. The lowest BCUT2D eigenvalue weighted by Crippen LogP contribution is -2.56. The smallest absolute Gasteiger partial charge is 0.329 e. The summed E-state index contributed by atoms with van der Waals surface area (Å²) in [5, 5.41) is 14.3. The number of carbonyl (C=O) groups excluding carboxylic acids is 1. The van der Waals surface area contributed by atoms with Crippen LogP contribution in [0.15, 0.2) is 17.5 Å². The standard InChI is InChI=1S/C15H20N2O3S/c18-13(19)15(7-1-2-8-15)16-14(20)17(11-5-6-11)10-12-4-3-9-21-12/h3-4,9,11H,1-2,5-8,10H2,(H,16,20)(H,18,19). The highest BCUT2D eigenvalue weighted by Crippen LogP contribution is 2.33. The highest BCUT2D eigenvalue weighted by molar-refractivity contribution is 7.09. The van der Waals surface area contributed by atoms with Gasteiger partial charge in [-0.15, -0.1) is 11.3 Å². The first kappa shape index (κ1) is 14.4. The van der Waals surface area contributed by atoms with Crippen molar-refractivity contribution in [3.05, 3.63) is 22.4 Å². The van der Waals surface area contributed by atoms with Crippen molar-refractivity contribution in [1.82, 2.24) is 10.2 Å². The van der Waals surface area contributed by atoms with Crippen LogP contribution in [-0.2, 0) is 11.3 Å². The Morgan fingerprint density at radius 2 is 2.10 bits per heavy atom. The predicted molar refractivity (Wildman–Crippen MR) is 80.3 cm³/mol. The molecule has 0 radical (unpaired) electrons. The Morgan fingerprint density at radius 1 is 1.38 bits per heavy atom. The molecule has 2 saturated carbocycles. The fourth-order valence-corrected chi connectivity index (χ4v) is 3.67. The number of aliphatic carboxylic acids is 1. The Kier molecular flexibility index (Phi) is 3.89. The van der Waals surface area contributed by atoms with Crippen molar-refractivity contribution in [2.24, 2.45) is 0 Å². The first-order valence-electron chi connectivity index (χ1n) is 7.45. The maximum absolute atomic E-state index is 12.6. The van der Waals surface area contributed by atoms with Crippen LogP contribution in [0.4, 0.5) is 4.79 Å². The molecular formula is C15H20N2O3S. The monoisotopic (exact) mass is 308 g/mol. The molecule has 6 heteroatoms. The first-order chi connectivity index (χ1) is 10.1. The molecule has 1 aromatic rings. The van der Waals surface area contributed by atoms with E-state index in [2.05, 4.69) is 5.32 Å². The van der Waals surface area contributed by atoms with Gasteiger partial charge in [-0.3, -0.25) is 0 Å². The van der Waals surface area contributed by atoms with Gasteiger partial charge in [0.2, 0.25) is 0 Å². The van der Waals surface area contributed by atoms with Crippen LogP contribution < -0.4 is 5.32 Å². The molecule has 0 bridgehead atoms. The molecule has 2 aliphatic rings. The van der Waals surface area contributed by atoms with Gasteiger partial charge < -0.3 is 15.3 Å². The number of thiophene rings is 1. The van der Waals surface area contributed by atoms with E-state index >= 15 is 0 Å². The van der Waals surface area contributed by atoms with E-state index in [1.807, 2.05) is 17.5 Å². The molecule has 2 fully saturated rings. The number of urea groups is 1. The molecule has 1 heterocycles. The van der Waals surface area contributed by atoms with Crippen molar-refractivity contribution in [3.8, 4) is 0 Å². The molecule has 2 aliphatic carbocycles. The molecule has 3 rings (SSSR count). The lowest BCUT2D eigenvalue weighted by atomic mass is 9.98. The summed E-state index contributed by atoms with van der Waals surface area (Å²) in [6.07, 6.45) is 4.82. The van der Waals surface area contributed by atoms with Crippen LogP contribution in [0, 0.1) is 0 Å². The second-order valence-electron chi connectivity index (χ2n) is 5.96. The Bertz CT molecular complexity index is 519. The van der Waals surface area contributed by atoms with Gasteiger partial charge in [-0.05, 0) is 37.1 Å². The molecule has 0 unspecified atom stereocenters. The van der Waals surface area contributed by atoms with Crippen molar-refractivity contribution < 1.29 is 14.7 Å². The number of carboxylic acid groups (broad SMARTS) is 1. The summed E-state index contributed by atoms with van der Waals surface area (Å²) in [6, 6.07) is 4.02. The number of hydrogen-bond donors (Lipinski definition) is 2. The van der Waals surface area contributed by atoms with Crippen LogP contribution in [0.2, 0.25) is 0 Å². The zero-order valence-electron chi connectivity index (χ0n) is 11.9. The van der Waals surface area contributed by atoms with Crippen molar-refractivity contribution in [3.63, 3.8) is 0 Å². The first-order valence-corrected chi connectivity index (χ1v) is 8.33. The second-order valence-corrected chi connectivity index (χ2v) is 7.00. The van der Waals surface area contributed by atoms with E-state index in [0.717, 1.165) is 30.6 Å². The fourth-order valence-electron chi connectivity index (χ4n) is 2.97. The molecule has 114 valence electrons. The zero-order valence-corrected chi connectivity index (χ0v) is 12.7. The van der Waals surface area contributed by atoms with Gasteiger partial charge in [0, 0.05) is 10.9 Å². The summed E-state index contributed by atoms with van der Waals surface area (Å²) in [4.78, 5) is 27.1. The average Bonchev–Trinajstić information content (AvgIpc) is 2.97. The molecular weight excluding hydrogens is 288 g/mol. The SMILES string of the molecule is O=C(NC1(C(=O)O)CCCC1)N(Cc1cccs1)C1CC1. The normalized spacial score (nSPS) is 20.2. The number of carbonyl (C=O) groups is 2. The maximum atomic E-state index is 12.6. The highest BCUT2D eigenvalue weighted by atomic mass is 32.1. The van der Waals surface area contributed by atoms with Crippen molar-refractivity contribution in [1.29, 1.82) is 0 Å². The third kappa shape index (κ3) is 3.05. The Hall–Kier alpha value is -1.56. The summed E-state index contributed by atoms with van der Waals surface area (Å²) in [6.45, 7) is 0.573. The summed E-state index contributed by atoms with van der Waals surface area (Å²) in [5.41, 5.74) is -1.06. The van der Waals surface area contributed by atoms with E-state index in [1.54, 1.807) is 16.2 Å². The maximum Gasteiger partial charge on any atom is 0.329 e. The zero-order chi connectivity index (χ0) is 14.9. The van der Waals surface area contributed by atoms with Crippen LogP contribution in [-0.4, -0.2) is 33.6 Å². The molecule has 0 aromatic carbocycles. The predicted octanol–water partition coefficient (Wildman–Crippen LogP) is 2.82. The van der Waals surface area contributed by atoms with E-state index in [0.29, 0.717) is 19.4 Å². The topological polar surface area (TPSA) is 69.6 Å². The van der Waals surface area contributed by atoms with Gasteiger partial charge in [0.15, 0.2) is 0 Å². The van der Waals surface area contributed by atoms with E-state index in [9.17, 15) is 14.7 Å². The molecule has 5 nitrogen and oxygen atoms in total. The second kappa shape index (κ2) is 5.67. The Morgan fingerprint density at radius 3 is 2.62 bits per heavy atom. The average molecular weight is 308 g/mol.